The zero-order valence-corrected chi connectivity index (χ0v) is 11.9. The second-order valence-corrected chi connectivity index (χ2v) is 5.45. The van der Waals surface area contributed by atoms with Gasteiger partial charge in [0.25, 0.3) is 0 Å². The molecule has 0 aliphatic rings. The maximum Gasteiger partial charge on any atom is 0.194 e. The smallest absolute Gasteiger partial charge is 0.194 e. The summed E-state index contributed by atoms with van der Waals surface area (Å²) in [7, 11) is 0. The second kappa shape index (κ2) is 4.86. The molecule has 0 fully saturated rings. The number of nitrogens with zero attached hydrogens (tertiary/aromatic N) is 2. The standard InChI is InChI=1S/C14H13F2N3S/c1-8-7-20-14-18-9(2)13(19(8)14)6-17-12-5-10(15)3-4-11(12)16/h3-5,7,17H,6H2,1-2H3. The number of hydrogen-bond acceptors (Lipinski definition) is 3. The molecule has 3 nitrogen and oxygen atoms in total. The fourth-order valence-electron chi connectivity index (χ4n) is 2.19. The van der Waals surface area contributed by atoms with Gasteiger partial charge >= 0.3 is 0 Å². The Morgan fingerprint density at radius 2 is 2.10 bits per heavy atom. The normalized spacial score (nSPS) is 11.2. The molecule has 0 saturated heterocycles. The van der Waals surface area contributed by atoms with Crippen molar-refractivity contribution in [2.24, 2.45) is 0 Å². The average molecular weight is 293 g/mol. The van der Waals surface area contributed by atoms with E-state index in [1.165, 1.54) is 0 Å². The van der Waals surface area contributed by atoms with Crippen LogP contribution in [0.15, 0.2) is 23.6 Å². The maximum atomic E-state index is 13.6. The van der Waals surface area contributed by atoms with Gasteiger partial charge in [0.1, 0.15) is 11.6 Å². The molecule has 3 rings (SSSR count). The molecule has 20 heavy (non-hydrogen) atoms. The number of anilines is 1. The van der Waals surface area contributed by atoms with E-state index in [0.717, 1.165) is 40.2 Å². The van der Waals surface area contributed by atoms with E-state index in [1.54, 1.807) is 11.3 Å². The van der Waals surface area contributed by atoms with Crippen LogP contribution >= 0.6 is 11.3 Å². The second-order valence-electron chi connectivity index (χ2n) is 4.62. The third kappa shape index (κ3) is 2.16. The summed E-state index contributed by atoms with van der Waals surface area (Å²) in [6, 6.07) is 3.38. The van der Waals surface area contributed by atoms with Crippen LogP contribution in [-0.4, -0.2) is 9.38 Å². The molecule has 1 N–H and O–H groups in total. The van der Waals surface area contributed by atoms with Gasteiger partial charge in [0, 0.05) is 11.1 Å². The molecule has 0 spiro atoms. The van der Waals surface area contributed by atoms with Gasteiger partial charge in [0.15, 0.2) is 4.96 Å². The Bertz CT molecular complexity index is 776. The van der Waals surface area contributed by atoms with Crippen LogP contribution in [0.3, 0.4) is 0 Å². The van der Waals surface area contributed by atoms with Gasteiger partial charge in [-0.25, -0.2) is 13.8 Å². The molecule has 0 amide bonds. The largest absolute Gasteiger partial charge is 0.377 e. The minimum absolute atomic E-state index is 0.159. The fourth-order valence-corrected chi connectivity index (χ4v) is 3.12. The number of hydrogen-bond donors (Lipinski definition) is 1. The van der Waals surface area contributed by atoms with Crippen molar-refractivity contribution in [2.75, 3.05) is 5.32 Å². The van der Waals surface area contributed by atoms with E-state index in [1.807, 2.05) is 23.6 Å². The van der Waals surface area contributed by atoms with Gasteiger partial charge in [-0.05, 0) is 32.0 Å². The third-order valence-electron chi connectivity index (χ3n) is 3.20. The Hall–Kier alpha value is -1.95. The predicted octanol–water partition coefficient (Wildman–Crippen LogP) is 3.90. The Labute approximate surface area is 118 Å². The predicted molar refractivity (Wildman–Crippen MR) is 76.2 cm³/mol. The van der Waals surface area contributed by atoms with Crippen molar-refractivity contribution in [2.45, 2.75) is 20.4 Å². The van der Waals surface area contributed by atoms with Gasteiger partial charge in [0.05, 0.1) is 23.6 Å². The van der Waals surface area contributed by atoms with E-state index in [9.17, 15) is 8.78 Å². The Morgan fingerprint density at radius 1 is 1.30 bits per heavy atom. The van der Waals surface area contributed by atoms with Gasteiger partial charge in [-0.3, -0.25) is 4.40 Å². The molecule has 2 aromatic heterocycles. The number of aryl methyl sites for hydroxylation is 2. The molecule has 0 radical (unpaired) electrons. The van der Waals surface area contributed by atoms with Crippen LogP contribution in [0.1, 0.15) is 17.1 Å². The van der Waals surface area contributed by atoms with Crippen molar-refractivity contribution in [3.8, 4) is 0 Å². The fraction of sp³-hybridized carbons (Fsp3) is 0.214. The summed E-state index contributed by atoms with van der Waals surface area (Å²) in [5.41, 5.74) is 3.10. The lowest BCUT2D eigenvalue weighted by Gasteiger charge is -2.08. The minimum Gasteiger partial charge on any atom is -0.377 e. The third-order valence-corrected chi connectivity index (χ3v) is 4.15. The first-order valence-electron chi connectivity index (χ1n) is 6.17. The van der Waals surface area contributed by atoms with Crippen LogP contribution < -0.4 is 5.32 Å². The lowest BCUT2D eigenvalue weighted by Crippen LogP contribution is -2.06. The SMILES string of the molecule is Cc1nc2scc(C)n2c1CNc1cc(F)ccc1F. The number of rotatable bonds is 3. The molecule has 1 aromatic carbocycles. The number of thiazole rings is 1. The first-order chi connectivity index (χ1) is 9.56. The number of fused-ring (bicyclic) bond motifs is 1. The minimum atomic E-state index is -0.466. The van der Waals surface area contributed by atoms with Gasteiger partial charge in [-0.1, -0.05) is 0 Å². The summed E-state index contributed by atoms with van der Waals surface area (Å²) < 4.78 is 28.8. The lowest BCUT2D eigenvalue weighted by atomic mass is 10.2. The zero-order chi connectivity index (χ0) is 14.3. The van der Waals surface area contributed by atoms with Gasteiger partial charge < -0.3 is 5.32 Å². The van der Waals surface area contributed by atoms with Crippen molar-refractivity contribution in [1.82, 2.24) is 9.38 Å². The molecule has 0 atom stereocenters. The molecule has 0 aliphatic carbocycles. The van der Waals surface area contributed by atoms with Crippen LogP contribution in [0.25, 0.3) is 4.96 Å². The number of benzene rings is 1. The lowest BCUT2D eigenvalue weighted by molar-refractivity contribution is 0.602. The van der Waals surface area contributed by atoms with E-state index < -0.39 is 11.6 Å². The van der Waals surface area contributed by atoms with E-state index in [4.69, 9.17) is 0 Å². The monoisotopic (exact) mass is 293 g/mol. The molecular formula is C14H13F2N3S. The van der Waals surface area contributed by atoms with Crippen LogP contribution in [0.2, 0.25) is 0 Å². The van der Waals surface area contributed by atoms with Gasteiger partial charge in [0.2, 0.25) is 0 Å². The highest BCUT2D eigenvalue weighted by molar-refractivity contribution is 7.15. The van der Waals surface area contributed by atoms with Crippen molar-refractivity contribution in [1.29, 1.82) is 0 Å². The summed E-state index contributed by atoms with van der Waals surface area (Å²) in [6.07, 6.45) is 0. The Morgan fingerprint density at radius 3 is 2.90 bits per heavy atom. The number of aromatic nitrogens is 2. The molecule has 6 heteroatoms. The van der Waals surface area contributed by atoms with Crippen molar-refractivity contribution >= 4 is 22.0 Å². The van der Waals surface area contributed by atoms with Gasteiger partial charge in [-0.15, -0.1) is 11.3 Å². The summed E-state index contributed by atoms with van der Waals surface area (Å²) in [5, 5.41) is 4.96. The summed E-state index contributed by atoms with van der Waals surface area (Å²) in [4.78, 5) is 5.37. The summed E-state index contributed by atoms with van der Waals surface area (Å²) in [5.74, 6) is -0.928. The highest BCUT2D eigenvalue weighted by Gasteiger charge is 2.12. The van der Waals surface area contributed by atoms with E-state index >= 15 is 0 Å². The molecule has 0 unspecified atom stereocenters. The van der Waals surface area contributed by atoms with Crippen LogP contribution in [0.5, 0.6) is 0 Å². The Balaban J connectivity index is 1.92. The highest BCUT2D eigenvalue weighted by atomic mass is 32.1. The molecule has 2 heterocycles. The van der Waals surface area contributed by atoms with Gasteiger partial charge in [-0.2, -0.15) is 0 Å². The van der Waals surface area contributed by atoms with Crippen molar-refractivity contribution in [3.63, 3.8) is 0 Å². The van der Waals surface area contributed by atoms with Crippen LogP contribution in [0, 0.1) is 25.5 Å². The number of halogens is 2. The van der Waals surface area contributed by atoms with Crippen LogP contribution in [-0.2, 0) is 6.54 Å². The molecule has 0 saturated carbocycles. The summed E-state index contributed by atoms with van der Waals surface area (Å²) in [6.45, 7) is 4.31. The quantitative estimate of drug-likeness (QED) is 0.793. The maximum absolute atomic E-state index is 13.6. The average Bonchev–Trinajstić information content (AvgIpc) is 2.91. The first-order valence-corrected chi connectivity index (χ1v) is 7.05. The molecule has 0 aliphatic heterocycles. The first kappa shape index (κ1) is 13.1. The molecule has 0 bridgehead atoms. The topological polar surface area (TPSA) is 29.3 Å². The van der Waals surface area contributed by atoms with Crippen molar-refractivity contribution < 1.29 is 8.78 Å². The van der Waals surface area contributed by atoms with E-state index in [0.29, 0.717) is 6.54 Å². The summed E-state index contributed by atoms with van der Waals surface area (Å²) >= 11 is 1.57. The molecular weight excluding hydrogens is 280 g/mol. The highest BCUT2D eigenvalue weighted by Crippen LogP contribution is 2.22. The van der Waals surface area contributed by atoms with E-state index in [-0.39, 0.29) is 5.69 Å². The number of imidazole rings is 1. The zero-order valence-electron chi connectivity index (χ0n) is 11.1. The molecule has 104 valence electrons. The number of nitrogens with one attached hydrogen (secondary N) is 1. The molecule has 3 aromatic rings. The van der Waals surface area contributed by atoms with Crippen molar-refractivity contribution in [3.05, 3.63) is 52.3 Å². The Kier molecular flexibility index (Phi) is 3.17. The van der Waals surface area contributed by atoms with E-state index in [2.05, 4.69) is 10.3 Å². The van der Waals surface area contributed by atoms with Crippen LogP contribution in [0.4, 0.5) is 14.5 Å².